The fourth-order valence-corrected chi connectivity index (χ4v) is 4.30. The first-order chi connectivity index (χ1) is 12.3. The zero-order valence-electron chi connectivity index (χ0n) is 14.1. The molecule has 132 valence electrons. The summed E-state index contributed by atoms with van der Waals surface area (Å²) in [6, 6.07) is 5.96. The van der Waals surface area contributed by atoms with E-state index in [0.717, 1.165) is 10.6 Å². The summed E-state index contributed by atoms with van der Waals surface area (Å²) in [6.45, 7) is 3.29. The molecule has 0 saturated carbocycles. The number of allylic oxidation sites excluding steroid dienone is 2. The first-order valence-electron chi connectivity index (χ1n) is 7.74. The third-order valence-corrected chi connectivity index (χ3v) is 5.41. The quantitative estimate of drug-likeness (QED) is 0.437. The fourth-order valence-electron chi connectivity index (χ4n) is 3.19. The molecule has 8 heteroatoms. The number of nitrogens with one attached hydrogen (secondary N) is 1. The number of hydrogen-bond acceptors (Lipinski definition) is 6. The molecule has 0 fully saturated rings. The van der Waals surface area contributed by atoms with Crippen LogP contribution >= 0.6 is 11.3 Å². The molecule has 3 rings (SSSR count). The van der Waals surface area contributed by atoms with Crippen LogP contribution in [0.5, 0.6) is 0 Å². The van der Waals surface area contributed by atoms with Crippen LogP contribution in [0.15, 0.2) is 40.5 Å². The van der Waals surface area contributed by atoms with Gasteiger partial charge < -0.3 is 16.8 Å². The average Bonchev–Trinajstić information content (AvgIpc) is 2.91. The summed E-state index contributed by atoms with van der Waals surface area (Å²) in [4.78, 5) is 16.3. The number of carbonyl (C=O) groups excluding carboxylic acids is 1. The highest BCUT2D eigenvalue weighted by atomic mass is 32.1. The van der Waals surface area contributed by atoms with Gasteiger partial charge >= 0.3 is 0 Å². The van der Waals surface area contributed by atoms with Crippen molar-refractivity contribution in [1.29, 1.82) is 5.26 Å². The predicted octanol–water partition coefficient (Wildman–Crippen LogP) is 3.08. The summed E-state index contributed by atoms with van der Waals surface area (Å²) in [5.41, 5.74) is 15.2. The summed E-state index contributed by atoms with van der Waals surface area (Å²) in [5.74, 6) is -0.909. The Hall–Kier alpha value is -3.18. The number of nitrogen functional groups attached to an aromatic ring is 1. The van der Waals surface area contributed by atoms with Gasteiger partial charge in [0.2, 0.25) is 6.19 Å². The Balaban J connectivity index is 2.27. The van der Waals surface area contributed by atoms with Crippen LogP contribution in [0, 0.1) is 17.3 Å². The number of nitrogens with two attached hydrogens (primary N) is 2. The van der Waals surface area contributed by atoms with Gasteiger partial charge in [-0.2, -0.15) is 10.3 Å². The first kappa shape index (κ1) is 17.6. The molecule has 6 nitrogen and oxygen atoms in total. The third-order valence-electron chi connectivity index (χ3n) is 4.25. The van der Waals surface area contributed by atoms with Gasteiger partial charge in [-0.15, -0.1) is 11.3 Å². The molecule has 0 radical (unpaired) electrons. The van der Waals surface area contributed by atoms with E-state index in [1.165, 1.54) is 30.4 Å². The van der Waals surface area contributed by atoms with Crippen molar-refractivity contribution in [2.24, 2.45) is 10.7 Å². The third kappa shape index (κ3) is 2.82. The van der Waals surface area contributed by atoms with Crippen LogP contribution in [-0.4, -0.2) is 11.6 Å². The van der Waals surface area contributed by atoms with Crippen molar-refractivity contribution in [1.82, 2.24) is 0 Å². The molecule has 2 aromatic rings. The van der Waals surface area contributed by atoms with Crippen molar-refractivity contribution in [3.63, 3.8) is 0 Å². The molecule has 1 atom stereocenters. The van der Waals surface area contributed by atoms with Gasteiger partial charge in [-0.05, 0) is 31.5 Å². The number of fused-ring (bicyclic) bond motifs is 1. The molecular formula is C18H16FN5OS. The summed E-state index contributed by atoms with van der Waals surface area (Å²) >= 11 is 1.27. The number of nitrogens with zero attached hydrogens (tertiary/aromatic N) is 2. The molecule has 1 aliphatic rings. The molecule has 1 unspecified atom stereocenters. The van der Waals surface area contributed by atoms with E-state index < -0.39 is 5.92 Å². The van der Waals surface area contributed by atoms with E-state index in [4.69, 9.17) is 16.7 Å². The van der Waals surface area contributed by atoms with E-state index >= 15 is 0 Å². The van der Waals surface area contributed by atoms with Crippen LogP contribution in [0.3, 0.4) is 0 Å². The van der Waals surface area contributed by atoms with Gasteiger partial charge in [0.05, 0.1) is 15.6 Å². The molecule has 0 saturated heterocycles. The molecule has 5 N–H and O–H groups in total. The van der Waals surface area contributed by atoms with Crippen molar-refractivity contribution in [3.05, 3.63) is 57.4 Å². The molecule has 1 aromatic heterocycles. The Bertz CT molecular complexity index is 998. The normalized spacial score (nSPS) is 16.7. The minimum absolute atomic E-state index is 0.0195. The highest BCUT2D eigenvalue weighted by Gasteiger charge is 2.35. The number of anilines is 2. The van der Waals surface area contributed by atoms with E-state index in [9.17, 15) is 9.18 Å². The number of carbonyl (C=O) groups is 1. The van der Waals surface area contributed by atoms with Crippen LogP contribution < -0.4 is 16.8 Å². The molecule has 0 spiro atoms. The second-order valence-corrected chi connectivity index (χ2v) is 6.91. The number of nitriles is 1. The minimum Gasteiger partial charge on any atom is -0.397 e. The number of Topliss-reactive ketones (excluding diaryl/α,β-unsaturated/α-hetero) is 1. The Labute approximate surface area is 153 Å². The average molecular weight is 369 g/mol. The highest BCUT2D eigenvalue weighted by molar-refractivity contribution is 7.19. The summed E-state index contributed by atoms with van der Waals surface area (Å²) in [7, 11) is 0. The van der Waals surface area contributed by atoms with Gasteiger partial charge in [-0.1, -0.05) is 12.1 Å². The Morgan fingerprint density at radius 3 is 2.62 bits per heavy atom. The van der Waals surface area contributed by atoms with Crippen molar-refractivity contribution in [2.45, 2.75) is 19.8 Å². The molecule has 1 aromatic carbocycles. The molecule has 2 heterocycles. The van der Waals surface area contributed by atoms with Crippen LogP contribution in [-0.2, 0) is 4.79 Å². The Morgan fingerprint density at radius 2 is 2.04 bits per heavy atom. The highest BCUT2D eigenvalue weighted by Crippen LogP contribution is 2.49. The lowest BCUT2D eigenvalue weighted by atomic mass is 9.80. The second kappa shape index (κ2) is 6.61. The van der Waals surface area contributed by atoms with Crippen LogP contribution in [0.1, 0.15) is 35.8 Å². The van der Waals surface area contributed by atoms with E-state index in [0.29, 0.717) is 27.4 Å². The predicted molar refractivity (Wildman–Crippen MR) is 100 cm³/mol. The van der Waals surface area contributed by atoms with Crippen LogP contribution in [0.2, 0.25) is 0 Å². The first-order valence-corrected chi connectivity index (χ1v) is 8.55. The fraction of sp³-hybridized carbons (Fsp3) is 0.167. The lowest BCUT2D eigenvalue weighted by Gasteiger charge is -2.28. The van der Waals surface area contributed by atoms with Gasteiger partial charge in [0.1, 0.15) is 5.82 Å². The maximum atomic E-state index is 13.4. The van der Waals surface area contributed by atoms with Crippen molar-refractivity contribution < 1.29 is 9.18 Å². The molecule has 0 bridgehead atoms. The van der Waals surface area contributed by atoms with Crippen LogP contribution in [0.4, 0.5) is 15.1 Å². The van der Waals surface area contributed by atoms with E-state index in [-0.39, 0.29) is 17.4 Å². The van der Waals surface area contributed by atoms with Gasteiger partial charge in [0.25, 0.3) is 0 Å². The van der Waals surface area contributed by atoms with E-state index in [1.807, 2.05) is 0 Å². The molecule has 0 aliphatic carbocycles. The number of halogens is 1. The number of amidine groups is 1. The number of benzene rings is 1. The van der Waals surface area contributed by atoms with Crippen molar-refractivity contribution >= 4 is 33.6 Å². The number of hydrogen-bond donors (Lipinski definition) is 3. The zero-order valence-corrected chi connectivity index (χ0v) is 14.9. The molecule has 1 aliphatic heterocycles. The molecular weight excluding hydrogens is 353 g/mol. The molecule has 26 heavy (non-hydrogen) atoms. The summed E-state index contributed by atoms with van der Waals surface area (Å²) < 4.78 is 13.4. The smallest absolute Gasteiger partial charge is 0.207 e. The summed E-state index contributed by atoms with van der Waals surface area (Å²) in [6.07, 6.45) is 1.65. The second-order valence-electron chi connectivity index (χ2n) is 5.89. The topological polar surface area (TPSA) is 117 Å². The monoisotopic (exact) mass is 369 g/mol. The van der Waals surface area contributed by atoms with Crippen molar-refractivity contribution in [2.75, 3.05) is 11.1 Å². The Kier molecular flexibility index (Phi) is 4.49. The number of rotatable bonds is 3. The lowest BCUT2D eigenvalue weighted by molar-refractivity contribution is -0.113. The Morgan fingerprint density at radius 1 is 1.38 bits per heavy atom. The minimum atomic E-state index is -0.454. The lowest BCUT2D eigenvalue weighted by Crippen LogP contribution is -2.21. The van der Waals surface area contributed by atoms with E-state index in [2.05, 4.69) is 10.3 Å². The SMILES string of the molecule is CC(=O)C1=C(C)Nc2sc(C(N)=NC#N)c(N)c2C1c1ccc(F)cc1. The maximum Gasteiger partial charge on any atom is 0.207 e. The largest absolute Gasteiger partial charge is 0.397 e. The number of thiophene rings is 1. The summed E-state index contributed by atoms with van der Waals surface area (Å²) in [5, 5.41) is 12.7. The maximum absolute atomic E-state index is 13.4. The molecule has 0 amide bonds. The van der Waals surface area contributed by atoms with Crippen molar-refractivity contribution in [3.8, 4) is 6.19 Å². The van der Waals surface area contributed by atoms with Gasteiger partial charge in [-0.3, -0.25) is 4.79 Å². The van der Waals surface area contributed by atoms with Gasteiger partial charge in [0.15, 0.2) is 11.6 Å². The zero-order chi connectivity index (χ0) is 19.0. The van der Waals surface area contributed by atoms with Gasteiger partial charge in [0, 0.05) is 22.8 Å². The number of ketones is 1. The van der Waals surface area contributed by atoms with Crippen LogP contribution in [0.25, 0.3) is 0 Å². The van der Waals surface area contributed by atoms with E-state index in [1.54, 1.807) is 25.2 Å². The number of aliphatic imine (C=N–C) groups is 1. The standard InChI is InChI=1S/C18H16FN5OS/c1-8-12(9(2)25)13(10-3-5-11(19)6-4-10)14-15(21)16(17(22)23-7-20)26-18(14)24-8/h3-6,13,24H,21H2,1-2H3,(H2,22,23). The van der Waals surface area contributed by atoms with Gasteiger partial charge in [-0.25, -0.2) is 4.39 Å².